The van der Waals surface area contributed by atoms with Crippen LogP contribution in [0.3, 0.4) is 0 Å². The van der Waals surface area contributed by atoms with E-state index in [4.69, 9.17) is 0 Å². The van der Waals surface area contributed by atoms with Crippen LogP contribution in [-0.2, 0) is 17.8 Å². The van der Waals surface area contributed by atoms with Gasteiger partial charge in [0.15, 0.2) is 0 Å². The van der Waals surface area contributed by atoms with Crippen molar-refractivity contribution in [3.8, 4) is 0 Å². The van der Waals surface area contributed by atoms with Crippen LogP contribution in [-0.4, -0.2) is 28.2 Å². The first kappa shape index (κ1) is 24.9. The summed E-state index contributed by atoms with van der Waals surface area (Å²) in [4.78, 5) is 33.9. The molecule has 0 unspecified atom stereocenters. The number of nitrogens with one attached hydrogen (secondary N) is 2. The van der Waals surface area contributed by atoms with E-state index in [0.717, 1.165) is 60.3 Å². The van der Waals surface area contributed by atoms with Crippen LogP contribution in [0.2, 0.25) is 0 Å². The molecule has 0 atom stereocenters. The fourth-order valence-electron chi connectivity index (χ4n) is 5.87. The fourth-order valence-corrected chi connectivity index (χ4v) is 5.87. The van der Waals surface area contributed by atoms with Crippen molar-refractivity contribution in [2.24, 2.45) is 5.92 Å². The molecule has 6 nitrogen and oxygen atoms in total. The van der Waals surface area contributed by atoms with Crippen LogP contribution in [0.1, 0.15) is 66.7 Å². The van der Waals surface area contributed by atoms with Crippen LogP contribution >= 0.6 is 0 Å². The van der Waals surface area contributed by atoms with Gasteiger partial charge in [-0.15, -0.1) is 0 Å². The summed E-state index contributed by atoms with van der Waals surface area (Å²) in [5.41, 5.74) is 7.71. The smallest absolute Gasteiger partial charge is 0.272 e. The monoisotopic (exact) mass is 496 g/mol. The Kier molecular flexibility index (Phi) is 6.67. The number of aromatic amines is 1. The molecule has 0 spiro atoms. The molecule has 192 valence electrons. The molecule has 2 amide bonds. The van der Waals surface area contributed by atoms with E-state index in [1.54, 1.807) is 0 Å². The highest BCUT2D eigenvalue weighted by molar-refractivity contribution is 6.13. The second-order valence-corrected chi connectivity index (χ2v) is 10.3. The van der Waals surface area contributed by atoms with Gasteiger partial charge in [0.1, 0.15) is 5.70 Å². The summed E-state index contributed by atoms with van der Waals surface area (Å²) in [6.07, 6.45) is 4.92. The number of carbonyl (C=O) groups is 2. The zero-order valence-corrected chi connectivity index (χ0v) is 22.1. The maximum Gasteiger partial charge on any atom is 0.272 e. The van der Waals surface area contributed by atoms with Crippen molar-refractivity contribution >= 4 is 34.1 Å². The van der Waals surface area contributed by atoms with Crippen molar-refractivity contribution in [3.63, 3.8) is 0 Å². The summed E-state index contributed by atoms with van der Waals surface area (Å²) in [6.45, 7) is 16.0. The molecule has 6 heteroatoms. The normalized spacial score (nSPS) is 15.1. The van der Waals surface area contributed by atoms with Crippen LogP contribution in [0.25, 0.3) is 10.9 Å². The predicted octanol–water partition coefficient (Wildman–Crippen LogP) is 6.68. The molecule has 2 N–H and O–H groups in total. The first-order chi connectivity index (χ1) is 17.8. The maximum atomic E-state index is 13.7. The van der Waals surface area contributed by atoms with Gasteiger partial charge in [-0.2, -0.15) is 0 Å². The molecule has 0 aliphatic carbocycles. The molecule has 2 aromatic carbocycles. The number of aromatic nitrogens is 1. The Morgan fingerprint density at radius 1 is 1.14 bits per heavy atom. The molecule has 5 rings (SSSR count). The van der Waals surface area contributed by atoms with Crippen molar-refractivity contribution < 1.29 is 9.59 Å². The van der Waals surface area contributed by atoms with Crippen molar-refractivity contribution in [1.29, 1.82) is 0 Å². The van der Waals surface area contributed by atoms with Gasteiger partial charge in [-0.25, -0.2) is 0 Å². The third kappa shape index (κ3) is 4.35. The van der Waals surface area contributed by atoms with Crippen LogP contribution in [0.4, 0.5) is 11.4 Å². The van der Waals surface area contributed by atoms with E-state index in [1.807, 2.05) is 34.9 Å². The largest absolute Gasteiger partial charge is 0.357 e. The van der Waals surface area contributed by atoms with Crippen LogP contribution < -0.4 is 10.2 Å². The fraction of sp³-hybridized carbons (Fsp3) is 0.355. The van der Waals surface area contributed by atoms with E-state index in [-0.39, 0.29) is 17.7 Å². The average Bonchev–Trinajstić information content (AvgIpc) is 3.26. The zero-order valence-electron chi connectivity index (χ0n) is 22.1. The van der Waals surface area contributed by atoms with Gasteiger partial charge in [0, 0.05) is 34.4 Å². The number of anilines is 2. The number of allylic oxidation sites excluding steroid dienone is 1. The average molecular weight is 497 g/mol. The Bertz CT molecular complexity index is 1410. The van der Waals surface area contributed by atoms with Crippen molar-refractivity contribution in [2.75, 3.05) is 16.8 Å². The molecule has 0 bridgehead atoms. The Morgan fingerprint density at radius 2 is 1.86 bits per heavy atom. The molecule has 3 heterocycles. The van der Waals surface area contributed by atoms with Gasteiger partial charge >= 0.3 is 0 Å². The highest BCUT2D eigenvalue weighted by Gasteiger charge is 2.33. The zero-order chi connectivity index (χ0) is 26.3. The van der Waals surface area contributed by atoms with Crippen LogP contribution in [0.5, 0.6) is 0 Å². The number of amides is 2. The highest BCUT2D eigenvalue weighted by atomic mass is 16.2. The van der Waals surface area contributed by atoms with Crippen LogP contribution in [0.15, 0.2) is 61.0 Å². The van der Waals surface area contributed by atoms with Gasteiger partial charge in [0.25, 0.3) is 11.8 Å². The quantitative estimate of drug-likeness (QED) is 0.359. The van der Waals surface area contributed by atoms with Gasteiger partial charge in [-0.1, -0.05) is 58.0 Å². The Balaban J connectivity index is 1.46. The molecule has 0 saturated heterocycles. The molecule has 2 aliphatic rings. The highest BCUT2D eigenvalue weighted by Crippen LogP contribution is 2.41. The van der Waals surface area contributed by atoms with E-state index in [9.17, 15) is 9.59 Å². The first-order valence-corrected chi connectivity index (χ1v) is 13.4. The second-order valence-electron chi connectivity index (χ2n) is 10.3. The number of hydrogen-bond acceptors (Lipinski definition) is 3. The summed E-state index contributed by atoms with van der Waals surface area (Å²) >= 11 is 0. The van der Waals surface area contributed by atoms with Crippen LogP contribution in [0, 0.1) is 12.8 Å². The van der Waals surface area contributed by atoms with Gasteiger partial charge in [0.05, 0.1) is 17.9 Å². The number of nitrogens with zero attached hydrogens (tertiary/aromatic N) is 2. The number of rotatable bonds is 7. The number of para-hydroxylation sites is 1. The minimum Gasteiger partial charge on any atom is -0.357 e. The van der Waals surface area contributed by atoms with Crippen molar-refractivity contribution in [3.05, 3.63) is 83.3 Å². The summed E-state index contributed by atoms with van der Waals surface area (Å²) in [5, 5.41) is 4.20. The molecule has 37 heavy (non-hydrogen) atoms. The number of aryl methyl sites for hydroxylation is 1. The Morgan fingerprint density at radius 3 is 2.59 bits per heavy atom. The number of H-pyrrole nitrogens is 1. The molecule has 2 aliphatic heterocycles. The minimum absolute atomic E-state index is 0.0246. The molecule has 0 radical (unpaired) electrons. The van der Waals surface area contributed by atoms with Gasteiger partial charge in [0.2, 0.25) is 0 Å². The number of carbonyl (C=O) groups excluding carboxylic acids is 2. The van der Waals surface area contributed by atoms with E-state index in [0.29, 0.717) is 30.0 Å². The summed E-state index contributed by atoms with van der Waals surface area (Å²) in [6, 6.07) is 12.1. The van der Waals surface area contributed by atoms with Crippen molar-refractivity contribution in [2.45, 2.75) is 59.4 Å². The summed E-state index contributed by atoms with van der Waals surface area (Å²) in [5.74, 6) is -0.0159. The van der Waals surface area contributed by atoms with E-state index in [2.05, 4.69) is 55.5 Å². The van der Waals surface area contributed by atoms with E-state index >= 15 is 0 Å². The van der Waals surface area contributed by atoms with Gasteiger partial charge in [-0.3, -0.25) is 9.59 Å². The third-order valence-electron chi connectivity index (χ3n) is 7.80. The van der Waals surface area contributed by atoms with Crippen molar-refractivity contribution in [1.82, 2.24) is 9.88 Å². The predicted molar refractivity (Wildman–Crippen MR) is 151 cm³/mol. The molecule has 1 aromatic heterocycles. The standard InChI is InChI=1S/C31H36N4O2/c1-6-10-22(11-7-2)20(4)35-21(5)30(36)33-27-17-25(19(3)16-29(27)35)31(37)34-15-14-24-23-12-8-9-13-26(23)32-28(24)18-34/h8-9,12-13,16-17,22,32H,4-7,10-11,14-15,18H2,1-3H3,(H,33,36). The lowest BCUT2D eigenvalue weighted by molar-refractivity contribution is -0.113. The molecule has 0 saturated carbocycles. The summed E-state index contributed by atoms with van der Waals surface area (Å²) in [7, 11) is 0. The van der Waals surface area contributed by atoms with E-state index < -0.39 is 0 Å². The minimum atomic E-state index is -0.261. The molecular formula is C31H36N4O2. The SMILES string of the molecule is C=C1C(=O)Nc2cc(C(=O)N3CCc4c([nH]c5ccccc45)C3)c(C)cc2N1C(=C)C(CCC)CCC. The van der Waals surface area contributed by atoms with Gasteiger partial charge in [-0.05, 0) is 61.4 Å². The molecular weight excluding hydrogens is 460 g/mol. The molecule has 0 fully saturated rings. The molecule has 3 aromatic rings. The lowest BCUT2D eigenvalue weighted by atomic mass is 9.92. The number of fused-ring (bicyclic) bond motifs is 4. The Hall–Kier alpha value is -3.80. The van der Waals surface area contributed by atoms with E-state index in [1.165, 1.54) is 10.9 Å². The number of hydrogen-bond donors (Lipinski definition) is 2. The van der Waals surface area contributed by atoms with Gasteiger partial charge < -0.3 is 20.1 Å². The second kappa shape index (κ2) is 9.92. The number of benzene rings is 2. The first-order valence-electron chi connectivity index (χ1n) is 13.4. The topological polar surface area (TPSA) is 68.4 Å². The third-order valence-corrected chi connectivity index (χ3v) is 7.80. The lowest BCUT2D eigenvalue weighted by Crippen LogP contribution is -2.38. The lowest BCUT2D eigenvalue weighted by Gasteiger charge is -2.37. The summed E-state index contributed by atoms with van der Waals surface area (Å²) < 4.78 is 0. The Labute approximate surface area is 219 Å². The maximum absolute atomic E-state index is 13.7.